The zero-order chi connectivity index (χ0) is 29.9. The quantitative estimate of drug-likeness (QED) is 0.275. The highest BCUT2D eigenvalue weighted by atomic mass is 127. The summed E-state index contributed by atoms with van der Waals surface area (Å²) in [5.74, 6) is 0.341. The summed E-state index contributed by atoms with van der Waals surface area (Å²) >= 11 is 2.30. The molecule has 0 saturated carbocycles. The first-order valence-corrected chi connectivity index (χ1v) is 15.4. The van der Waals surface area contributed by atoms with E-state index in [0.29, 0.717) is 38.3 Å². The third kappa shape index (κ3) is 6.48. The number of carbonyl (C=O) groups is 2. The molecule has 1 unspecified atom stereocenters. The number of piperazine rings is 1. The lowest BCUT2D eigenvalue weighted by Gasteiger charge is -2.35. The van der Waals surface area contributed by atoms with Crippen molar-refractivity contribution in [2.75, 3.05) is 52.5 Å². The lowest BCUT2D eigenvalue weighted by atomic mass is 9.92. The topological polar surface area (TPSA) is 98.3 Å². The predicted molar refractivity (Wildman–Crippen MR) is 168 cm³/mol. The Morgan fingerprint density at radius 1 is 0.953 bits per heavy atom. The molecule has 4 aromatic rings. The molecule has 1 fully saturated rings. The van der Waals surface area contributed by atoms with E-state index in [9.17, 15) is 14.0 Å². The molecular weight excluding hydrogens is 666 g/mol. The number of rotatable bonds is 7. The average Bonchev–Trinajstić information content (AvgIpc) is 3.39. The van der Waals surface area contributed by atoms with Crippen LogP contribution in [0, 0.1) is 9.39 Å². The molecule has 1 atom stereocenters. The number of amides is 2. The fraction of sp³-hybridized carbons (Fsp3) is 0.312. The van der Waals surface area contributed by atoms with Crippen molar-refractivity contribution in [1.82, 2.24) is 19.7 Å². The number of H-pyrrole nitrogens is 1. The average molecular weight is 699 g/mol. The fourth-order valence-electron chi connectivity index (χ4n) is 5.81. The second-order valence-electron chi connectivity index (χ2n) is 10.7. The van der Waals surface area contributed by atoms with Crippen molar-refractivity contribution in [2.45, 2.75) is 12.5 Å². The van der Waals surface area contributed by atoms with E-state index in [1.807, 2.05) is 36.4 Å². The number of β-amino-alcohol motifs (C(OH)–C–C–N with tert-alkyl or cyclic N) is 1. The van der Waals surface area contributed by atoms with E-state index in [1.54, 1.807) is 9.80 Å². The first-order chi connectivity index (χ1) is 20.9. The summed E-state index contributed by atoms with van der Waals surface area (Å²) in [5, 5.41) is 10.3. The third-order valence-electron chi connectivity index (χ3n) is 8.04. The molecular formula is C32H32FIN4O5. The first-order valence-electron chi connectivity index (χ1n) is 14.3. The van der Waals surface area contributed by atoms with Gasteiger partial charge in [-0.05, 0) is 94.7 Å². The van der Waals surface area contributed by atoms with Crippen LogP contribution in [-0.4, -0.2) is 89.3 Å². The highest BCUT2D eigenvalue weighted by molar-refractivity contribution is 14.1. The molecule has 3 heterocycles. The van der Waals surface area contributed by atoms with E-state index in [-0.39, 0.29) is 24.9 Å². The number of aromatic nitrogens is 1. The van der Waals surface area contributed by atoms with E-state index in [2.05, 4.69) is 38.5 Å². The number of nitrogens with one attached hydrogen (secondary N) is 1. The van der Waals surface area contributed by atoms with Gasteiger partial charge in [-0.1, -0.05) is 12.1 Å². The van der Waals surface area contributed by atoms with Crippen molar-refractivity contribution < 1.29 is 28.6 Å². The van der Waals surface area contributed by atoms with E-state index in [0.717, 1.165) is 44.4 Å². The van der Waals surface area contributed by atoms with E-state index < -0.39 is 18.0 Å². The number of aliphatic hydroxyl groups excluding tert-OH is 1. The Labute approximate surface area is 262 Å². The Morgan fingerprint density at radius 2 is 1.67 bits per heavy atom. The molecule has 2 N–H and O–H groups in total. The molecule has 1 saturated heterocycles. The molecule has 3 aromatic carbocycles. The maximum atomic E-state index is 13.5. The maximum absolute atomic E-state index is 13.5. The van der Waals surface area contributed by atoms with Crippen molar-refractivity contribution in [3.63, 3.8) is 0 Å². The molecule has 1 aromatic heterocycles. The van der Waals surface area contributed by atoms with Gasteiger partial charge in [0.15, 0.2) is 6.61 Å². The second-order valence-corrected chi connectivity index (χ2v) is 11.9. The van der Waals surface area contributed by atoms with Crippen LogP contribution in [0.5, 0.6) is 11.5 Å². The van der Waals surface area contributed by atoms with Crippen LogP contribution in [0.3, 0.4) is 0 Å². The number of hydrogen-bond acceptors (Lipinski definition) is 6. The minimum Gasteiger partial charge on any atom is -0.484 e. The van der Waals surface area contributed by atoms with Gasteiger partial charge in [0.25, 0.3) is 5.91 Å². The third-order valence-corrected chi connectivity index (χ3v) is 8.71. The van der Waals surface area contributed by atoms with Crippen LogP contribution in [0.25, 0.3) is 10.9 Å². The largest absolute Gasteiger partial charge is 0.484 e. The van der Waals surface area contributed by atoms with Gasteiger partial charge in [0, 0.05) is 59.4 Å². The molecule has 9 nitrogen and oxygen atoms in total. The van der Waals surface area contributed by atoms with Gasteiger partial charge in [-0.25, -0.2) is 9.18 Å². The Kier molecular flexibility index (Phi) is 8.82. The van der Waals surface area contributed by atoms with Gasteiger partial charge in [-0.15, -0.1) is 0 Å². The van der Waals surface area contributed by atoms with Crippen molar-refractivity contribution in [3.05, 3.63) is 92.9 Å². The van der Waals surface area contributed by atoms with Crippen LogP contribution in [-0.2, 0) is 11.2 Å². The van der Waals surface area contributed by atoms with Crippen LogP contribution < -0.4 is 9.47 Å². The number of hydrogen-bond donors (Lipinski definition) is 2. The van der Waals surface area contributed by atoms with Gasteiger partial charge in [0.1, 0.15) is 23.4 Å². The lowest BCUT2D eigenvalue weighted by molar-refractivity contribution is -0.135. The number of ether oxygens (including phenoxy) is 2. The maximum Gasteiger partial charge on any atom is 0.416 e. The molecule has 0 aliphatic carbocycles. The van der Waals surface area contributed by atoms with Crippen LogP contribution in [0.1, 0.15) is 22.9 Å². The zero-order valence-electron chi connectivity index (χ0n) is 23.5. The number of aliphatic hydroxyl groups is 1. The van der Waals surface area contributed by atoms with Gasteiger partial charge in [-0.3, -0.25) is 14.6 Å². The van der Waals surface area contributed by atoms with Gasteiger partial charge in [-0.2, -0.15) is 0 Å². The Balaban J connectivity index is 1.21. The summed E-state index contributed by atoms with van der Waals surface area (Å²) in [6.45, 7) is 3.79. The standard InChI is InChI=1S/C32H32FIN4O5/c33-22-3-8-25(9-4-22)43-32(41)38-12-11-26-27-19-23(34)5-10-28(27)35-30(26)31(38)21-1-6-24(7-2-21)42-20-29(40)37-15-13-36(14-16-37)17-18-39/h1-10,19,31,35,39H,11-18,20H2. The lowest BCUT2D eigenvalue weighted by Crippen LogP contribution is -2.50. The van der Waals surface area contributed by atoms with E-state index in [1.165, 1.54) is 24.3 Å². The summed E-state index contributed by atoms with van der Waals surface area (Å²) in [4.78, 5) is 35.4. The van der Waals surface area contributed by atoms with Crippen molar-refractivity contribution in [1.29, 1.82) is 0 Å². The number of nitrogens with zero attached hydrogens (tertiary/aromatic N) is 3. The van der Waals surface area contributed by atoms with Crippen LogP contribution in [0.2, 0.25) is 0 Å². The molecule has 43 heavy (non-hydrogen) atoms. The highest BCUT2D eigenvalue weighted by Gasteiger charge is 2.36. The normalized spacial score (nSPS) is 17.1. The first kappa shape index (κ1) is 29.4. The molecule has 6 rings (SSSR count). The van der Waals surface area contributed by atoms with Crippen molar-refractivity contribution in [3.8, 4) is 11.5 Å². The molecule has 0 bridgehead atoms. The summed E-state index contributed by atoms with van der Waals surface area (Å²) < 4.78 is 26.1. The Bertz CT molecular complexity index is 1600. The number of carbonyl (C=O) groups excluding carboxylic acids is 2. The molecule has 0 spiro atoms. The van der Waals surface area contributed by atoms with E-state index in [4.69, 9.17) is 14.6 Å². The zero-order valence-corrected chi connectivity index (χ0v) is 25.6. The smallest absolute Gasteiger partial charge is 0.416 e. The Hall–Kier alpha value is -3.68. The molecule has 11 heteroatoms. The summed E-state index contributed by atoms with van der Waals surface area (Å²) in [7, 11) is 0. The van der Waals surface area contributed by atoms with Gasteiger partial charge < -0.3 is 24.5 Å². The van der Waals surface area contributed by atoms with Gasteiger partial charge in [0.05, 0.1) is 6.61 Å². The predicted octanol–water partition coefficient (Wildman–Crippen LogP) is 4.57. The van der Waals surface area contributed by atoms with Gasteiger partial charge >= 0.3 is 6.09 Å². The summed E-state index contributed by atoms with van der Waals surface area (Å²) in [6, 6.07) is 18.6. The second kappa shape index (κ2) is 12.9. The van der Waals surface area contributed by atoms with E-state index >= 15 is 0 Å². The molecule has 2 aliphatic heterocycles. The van der Waals surface area contributed by atoms with Crippen LogP contribution >= 0.6 is 22.6 Å². The monoisotopic (exact) mass is 698 g/mol. The number of fused-ring (bicyclic) bond motifs is 3. The van der Waals surface area contributed by atoms with Crippen molar-refractivity contribution in [2.24, 2.45) is 0 Å². The van der Waals surface area contributed by atoms with Gasteiger partial charge in [0.2, 0.25) is 0 Å². The fourth-order valence-corrected chi connectivity index (χ4v) is 6.30. The van der Waals surface area contributed by atoms with Crippen molar-refractivity contribution >= 4 is 45.5 Å². The summed E-state index contributed by atoms with van der Waals surface area (Å²) in [6.07, 6.45) is 0.127. The minimum atomic E-state index is -0.527. The SMILES string of the molecule is O=C(COc1ccc(C2c3[nH]c4ccc(I)cc4c3CCN2C(=O)Oc2ccc(F)cc2)cc1)N1CCN(CCO)CC1. The van der Waals surface area contributed by atoms with Crippen LogP contribution in [0.15, 0.2) is 66.7 Å². The number of benzene rings is 3. The van der Waals surface area contributed by atoms with Crippen LogP contribution in [0.4, 0.5) is 9.18 Å². The molecule has 2 amide bonds. The minimum absolute atomic E-state index is 0.0658. The summed E-state index contributed by atoms with van der Waals surface area (Å²) in [5.41, 5.74) is 3.94. The highest BCUT2D eigenvalue weighted by Crippen LogP contribution is 2.39. The molecule has 2 aliphatic rings. The number of halogens is 2. The Morgan fingerprint density at radius 3 is 2.40 bits per heavy atom. The molecule has 0 radical (unpaired) electrons. The number of aromatic amines is 1. The molecule has 224 valence electrons.